The number of nitrogens with zero attached hydrogens (tertiary/aromatic N) is 2. The molecule has 100 valence electrons. The van der Waals surface area contributed by atoms with Crippen molar-refractivity contribution in [1.29, 1.82) is 0 Å². The molecule has 2 aromatic rings. The van der Waals surface area contributed by atoms with Gasteiger partial charge in [0.25, 0.3) is 0 Å². The highest BCUT2D eigenvalue weighted by Gasteiger charge is 2.34. The summed E-state index contributed by atoms with van der Waals surface area (Å²) in [5.74, 6) is 0. The minimum absolute atomic E-state index is 0.232. The molecule has 3 rings (SSSR count). The quantitative estimate of drug-likeness (QED) is 0.908. The van der Waals surface area contributed by atoms with Gasteiger partial charge in [-0.15, -0.1) is 0 Å². The molecule has 0 aliphatic carbocycles. The molecule has 5 nitrogen and oxygen atoms in total. The van der Waals surface area contributed by atoms with E-state index in [9.17, 15) is 0 Å². The predicted octanol–water partition coefficient (Wildman–Crippen LogP) is 1.85. The van der Waals surface area contributed by atoms with Crippen molar-refractivity contribution in [1.82, 2.24) is 10.2 Å². The molecule has 1 aliphatic rings. The number of benzene rings is 1. The first-order valence-corrected chi connectivity index (χ1v) is 6.40. The monoisotopic (exact) mass is 259 g/mol. The molecule has 5 heteroatoms. The molecule has 1 aromatic heterocycles. The summed E-state index contributed by atoms with van der Waals surface area (Å²) in [4.78, 5) is 0. The Hall–Kier alpha value is -1.72. The fourth-order valence-electron chi connectivity index (χ4n) is 2.37. The minimum Gasteiger partial charge on any atom is -0.380 e. The number of anilines is 1. The van der Waals surface area contributed by atoms with Crippen molar-refractivity contribution < 1.29 is 9.47 Å². The minimum atomic E-state index is -0.232. The van der Waals surface area contributed by atoms with Gasteiger partial charge >= 0.3 is 0 Å². The maximum atomic E-state index is 5.61. The van der Waals surface area contributed by atoms with Crippen LogP contribution in [0.2, 0.25) is 0 Å². The Kier molecular flexibility index (Phi) is 3.31. The molecule has 0 spiro atoms. The molecule has 1 N–H and O–H groups in total. The largest absolute Gasteiger partial charge is 0.380 e. The van der Waals surface area contributed by atoms with E-state index in [-0.39, 0.29) is 5.60 Å². The highest BCUT2D eigenvalue weighted by atomic mass is 16.5. The first-order valence-electron chi connectivity index (χ1n) is 6.40. The zero-order valence-electron chi connectivity index (χ0n) is 10.9. The van der Waals surface area contributed by atoms with Gasteiger partial charge in [-0.05, 0) is 6.07 Å². The Bertz CT molecular complexity index is 562. The van der Waals surface area contributed by atoms with Crippen molar-refractivity contribution in [2.75, 3.05) is 32.2 Å². The van der Waals surface area contributed by atoms with E-state index in [0.29, 0.717) is 13.2 Å². The first-order chi connectivity index (χ1) is 9.33. The Morgan fingerprint density at radius 3 is 3.11 bits per heavy atom. The zero-order valence-corrected chi connectivity index (χ0v) is 10.9. The fraction of sp³-hybridized carbons (Fsp3) is 0.429. The average Bonchev–Trinajstić information content (AvgIpc) is 2.94. The topological polar surface area (TPSA) is 56.3 Å². The van der Waals surface area contributed by atoms with Crippen LogP contribution < -0.4 is 5.32 Å². The van der Waals surface area contributed by atoms with E-state index in [1.165, 1.54) is 0 Å². The summed E-state index contributed by atoms with van der Waals surface area (Å²) < 4.78 is 11.0. The van der Waals surface area contributed by atoms with Crippen LogP contribution in [0.15, 0.2) is 30.5 Å². The molecule has 0 amide bonds. The van der Waals surface area contributed by atoms with Crippen LogP contribution in [0.3, 0.4) is 0 Å². The lowest BCUT2D eigenvalue weighted by Gasteiger charge is -2.26. The second kappa shape index (κ2) is 5.11. The van der Waals surface area contributed by atoms with Crippen molar-refractivity contribution >= 4 is 16.6 Å². The number of hydrogen-bond donors (Lipinski definition) is 1. The number of ether oxygens (including phenoxy) is 2. The maximum Gasteiger partial charge on any atom is 0.110 e. The van der Waals surface area contributed by atoms with Gasteiger partial charge in [0, 0.05) is 32.1 Å². The van der Waals surface area contributed by atoms with E-state index in [2.05, 4.69) is 15.5 Å². The summed E-state index contributed by atoms with van der Waals surface area (Å²) in [6, 6.07) is 7.96. The number of fused-ring (bicyclic) bond motifs is 1. The standard InChI is InChI=1S/C14H17N3O2/c1-18-14(6-7-19-10-14)9-15-13-8-16-17-12-5-3-2-4-11(12)13/h2-5,8H,6-7,9-10H2,1H3,(H,15,17). The van der Waals surface area contributed by atoms with Crippen LogP contribution in [-0.2, 0) is 9.47 Å². The van der Waals surface area contributed by atoms with Gasteiger partial charge < -0.3 is 14.8 Å². The SMILES string of the molecule is COC1(CNc2cnnc3ccccc23)CCOC1. The summed E-state index contributed by atoms with van der Waals surface area (Å²) in [6.07, 6.45) is 2.66. The Morgan fingerprint density at radius 2 is 2.32 bits per heavy atom. The molecule has 2 heterocycles. The molecule has 0 saturated carbocycles. The van der Waals surface area contributed by atoms with E-state index < -0.39 is 0 Å². The number of nitrogens with one attached hydrogen (secondary N) is 1. The van der Waals surface area contributed by atoms with Gasteiger partial charge in [0.15, 0.2) is 0 Å². The summed E-state index contributed by atoms with van der Waals surface area (Å²) >= 11 is 0. The van der Waals surface area contributed by atoms with Crippen molar-refractivity contribution in [3.05, 3.63) is 30.5 Å². The molecule has 1 unspecified atom stereocenters. The Morgan fingerprint density at radius 1 is 1.42 bits per heavy atom. The van der Waals surface area contributed by atoms with Gasteiger partial charge in [-0.1, -0.05) is 18.2 Å². The molecule has 1 aromatic carbocycles. The summed E-state index contributed by atoms with van der Waals surface area (Å²) in [6.45, 7) is 2.09. The third-order valence-electron chi connectivity index (χ3n) is 3.65. The molecular weight excluding hydrogens is 242 g/mol. The van der Waals surface area contributed by atoms with Crippen LogP contribution in [0.25, 0.3) is 10.9 Å². The molecule has 0 radical (unpaired) electrons. The molecule has 1 saturated heterocycles. The van der Waals surface area contributed by atoms with Crippen LogP contribution in [0, 0.1) is 0 Å². The van der Waals surface area contributed by atoms with E-state index in [1.807, 2.05) is 24.3 Å². The van der Waals surface area contributed by atoms with Crippen LogP contribution in [-0.4, -0.2) is 42.7 Å². The lowest BCUT2D eigenvalue weighted by atomic mass is 10.0. The zero-order chi connectivity index (χ0) is 13.1. The second-order valence-electron chi connectivity index (χ2n) is 4.82. The molecule has 1 aliphatic heterocycles. The highest BCUT2D eigenvalue weighted by molar-refractivity contribution is 5.90. The summed E-state index contributed by atoms with van der Waals surface area (Å²) in [7, 11) is 1.74. The number of methoxy groups -OCH3 is 1. The number of aromatic nitrogens is 2. The Balaban J connectivity index is 1.82. The molecular formula is C14H17N3O2. The molecule has 1 fully saturated rings. The van der Waals surface area contributed by atoms with Crippen molar-refractivity contribution in [2.24, 2.45) is 0 Å². The van der Waals surface area contributed by atoms with Gasteiger partial charge in [0.2, 0.25) is 0 Å². The normalized spacial score (nSPS) is 22.8. The lowest BCUT2D eigenvalue weighted by molar-refractivity contribution is -0.00618. The van der Waals surface area contributed by atoms with Gasteiger partial charge in [0.05, 0.1) is 24.0 Å². The van der Waals surface area contributed by atoms with E-state index in [1.54, 1.807) is 13.3 Å². The van der Waals surface area contributed by atoms with Gasteiger partial charge in [-0.3, -0.25) is 0 Å². The van der Waals surface area contributed by atoms with Gasteiger partial charge in [-0.2, -0.15) is 10.2 Å². The summed E-state index contributed by atoms with van der Waals surface area (Å²) in [5.41, 5.74) is 1.64. The van der Waals surface area contributed by atoms with Gasteiger partial charge in [0.1, 0.15) is 5.60 Å². The first kappa shape index (κ1) is 12.3. The summed E-state index contributed by atoms with van der Waals surface area (Å²) in [5, 5.41) is 12.6. The molecule has 1 atom stereocenters. The molecule has 0 bridgehead atoms. The third kappa shape index (κ3) is 2.39. The van der Waals surface area contributed by atoms with Crippen LogP contribution in [0.1, 0.15) is 6.42 Å². The second-order valence-corrected chi connectivity index (χ2v) is 4.82. The third-order valence-corrected chi connectivity index (χ3v) is 3.65. The maximum absolute atomic E-state index is 5.61. The van der Waals surface area contributed by atoms with Crippen molar-refractivity contribution in [2.45, 2.75) is 12.0 Å². The smallest absolute Gasteiger partial charge is 0.110 e. The van der Waals surface area contributed by atoms with Gasteiger partial charge in [-0.25, -0.2) is 0 Å². The fourth-order valence-corrected chi connectivity index (χ4v) is 2.37. The van der Waals surface area contributed by atoms with Crippen molar-refractivity contribution in [3.8, 4) is 0 Å². The lowest BCUT2D eigenvalue weighted by Crippen LogP contribution is -2.39. The van der Waals surface area contributed by atoms with Crippen molar-refractivity contribution in [3.63, 3.8) is 0 Å². The van der Waals surface area contributed by atoms with Crippen LogP contribution >= 0.6 is 0 Å². The Labute approximate surface area is 111 Å². The van der Waals surface area contributed by atoms with Crippen LogP contribution in [0.5, 0.6) is 0 Å². The average molecular weight is 259 g/mol. The number of hydrogen-bond acceptors (Lipinski definition) is 5. The highest BCUT2D eigenvalue weighted by Crippen LogP contribution is 2.25. The van der Waals surface area contributed by atoms with Crippen LogP contribution in [0.4, 0.5) is 5.69 Å². The van der Waals surface area contributed by atoms with E-state index >= 15 is 0 Å². The number of rotatable bonds is 4. The predicted molar refractivity (Wildman–Crippen MR) is 73.2 cm³/mol. The van der Waals surface area contributed by atoms with E-state index in [4.69, 9.17) is 9.47 Å². The molecule has 19 heavy (non-hydrogen) atoms. The van der Waals surface area contributed by atoms with E-state index in [0.717, 1.165) is 29.6 Å².